The predicted molar refractivity (Wildman–Crippen MR) is 62.2 cm³/mol. The third-order valence-corrected chi connectivity index (χ3v) is 2.35. The lowest BCUT2D eigenvalue weighted by Crippen LogP contribution is -2.05. The molecule has 0 aliphatic carbocycles. The summed E-state index contributed by atoms with van der Waals surface area (Å²) in [6.07, 6.45) is 5.58. The molecular weight excluding hydrogens is 172 g/mol. The molecule has 0 saturated carbocycles. The second kappa shape index (κ2) is 6.36. The number of carbonyl (C=O) groups is 1. The molecule has 0 aromatic rings. The van der Waals surface area contributed by atoms with E-state index in [0.29, 0.717) is 0 Å². The highest BCUT2D eigenvalue weighted by Gasteiger charge is 2.06. The summed E-state index contributed by atoms with van der Waals surface area (Å²) in [7, 11) is 0. The molecule has 0 amide bonds. The molecule has 0 bridgehead atoms. The van der Waals surface area contributed by atoms with E-state index in [2.05, 4.69) is 13.2 Å². The molecule has 0 saturated heterocycles. The predicted octanol–water partition coefficient (Wildman–Crippen LogP) is 3.68. The van der Waals surface area contributed by atoms with Crippen molar-refractivity contribution in [3.05, 3.63) is 36.5 Å². The zero-order valence-corrected chi connectivity index (χ0v) is 9.47. The van der Waals surface area contributed by atoms with Crippen LogP contribution in [0.3, 0.4) is 0 Å². The van der Waals surface area contributed by atoms with Crippen LogP contribution in [-0.4, -0.2) is 5.78 Å². The summed E-state index contributed by atoms with van der Waals surface area (Å²) >= 11 is 0. The van der Waals surface area contributed by atoms with Crippen LogP contribution in [0.5, 0.6) is 0 Å². The molecule has 14 heavy (non-hydrogen) atoms. The van der Waals surface area contributed by atoms with E-state index in [-0.39, 0.29) is 11.7 Å². The van der Waals surface area contributed by atoms with Crippen molar-refractivity contribution >= 4 is 5.78 Å². The highest BCUT2D eigenvalue weighted by molar-refractivity contribution is 5.77. The molecule has 1 atom stereocenters. The van der Waals surface area contributed by atoms with Gasteiger partial charge < -0.3 is 0 Å². The van der Waals surface area contributed by atoms with Crippen molar-refractivity contribution in [2.75, 3.05) is 0 Å². The Labute approximate surface area is 87.2 Å². The molecule has 0 aromatic heterocycles. The molecule has 0 rings (SSSR count). The summed E-state index contributed by atoms with van der Waals surface area (Å²) in [4.78, 5) is 11.0. The van der Waals surface area contributed by atoms with Crippen LogP contribution in [0.15, 0.2) is 36.5 Å². The summed E-state index contributed by atoms with van der Waals surface area (Å²) in [5, 5.41) is 0. The Bertz CT molecular complexity index is 258. The van der Waals surface area contributed by atoms with Crippen molar-refractivity contribution in [2.45, 2.75) is 33.6 Å². The van der Waals surface area contributed by atoms with Gasteiger partial charge in [0, 0.05) is 5.92 Å². The molecule has 0 aliphatic heterocycles. The second-order valence-corrected chi connectivity index (χ2v) is 3.80. The molecular formula is C13H20O. The number of hydrogen-bond donors (Lipinski definition) is 0. The lowest BCUT2D eigenvalue weighted by Gasteiger charge is -2.07. The van der Waals surface area contributed by atoms with Gasteiger partial charge in [0.15, 0.2) is 0 Å². The second-order valence-electron chi connectivity index (χ2n) is 3.80. The first-order chi connectivity index (χ1) is 6.47. The summed E-state index contributed by atoms with van der Waals surface area (Å²) in [5.74, 6) is 0.395. The molecule has 78 valence electrons. The number of ketones is 1. The topological polar surface area (TPSA) is 17.1 Å². The maximum absolute atomic E-state index is 11.0. The van der Waals surface area contributed by atoms with Crippen LogP contribution in [0.4, 0.5) is 0 Å². The molecule has 0 heterocycles. The minimum Gasteiger partial charge on any atom is -0.300 e. The van der Waals surface area contributed by atoms with Gasteiger partial charge >= 0.3 is 0 Å². The maximum Gasteiger partial charge on any atom is 0.132 e. The van der Waals surface area contributed by atoms with Gasteiger partial charge in [-0.05, 0) is 26.7 Å². The molecule has 0 spiro atoms. The van der Waals surface area contributed by atoms with E-state index >= 15 is 0 Å². The van der Waals surface area contributed by atoms with E-state index < -0.39 is 0 Å². The van der Waals surface area contributed by atoms with E-state index in [9.17, 15) is 4.79 Å². The molecule has 1 nitrogen and oxygen atoms in total. The maximum atomic E-state index is 11.0. The van der Waals surface area contributed by atoms with E-state index in [1.807, 2.05) is 19.9 Å². The van der Waals surface area contributed by atoms with Gasteiger partial charge in [-0.1, -0.05) is 43.4 Å². The van der Waals surface area contributed by atoms with Crippen molar-refractivity contribution in [1.29, 1.82) is 0 Å². The number of rotatable bonds is 6. The summed E-state index contributed by atoms with van der Waals surface area (Å²) in [6, 6.07) is 0. The fourth-order valence-electron chi connectivity index (χ4n) is 1.06. The summed E-state index contributed by atoms with van der Waals surface area (Å²) in [5.41, 5.74) is 2.18. The van der Waals surface area contributed by atoms with Gasteiger partial charge in [0.05, 0.1) is 0 Å². The molecule has 0 aromatic carbocycles. The SMILES string of the molecule is C=C/C(C)=C\C(=C)CCC(C)C(C)=O. The van der Waals surface area contributed by atoms with Crippen LogP contribution in [0.25, 0.3) is 0 Å². The average Bonchev–Trinajstić information content (AvgIpc) is 2.13. The third-order valence-electron chi connectivity index (χ3n) is 2.35. The molecule has 0 N–H and O–H groups in total. The van der Waals surface area contributed by atoms with Crippen LogP contribution in [0.2, 0.25) is 0 Å². The Hall–Kier alpha value is -1.11. The standard InChI is InChI=1S/C13H20O/c1-6-10(2)9-11(3)7-8-12(4)13(5)14/h6,9,12H,1,3,7-8H2,2,4-5H3/b10-9-. The quantitative estimate of drug-likeness (QED) is 0.587. The van der Waals surface area contributed by atoms with E-state index in [4.69, 9.17) is 0 Å². The molecule has 0 radical (unpaired) electrons. The molecule has 0 aliphatic rings. The fourth-order valence-corrected chi connectivity index (χ4v) is 1.06. The van der Waals surface area contributed by atoms with Crippen LogP contribution >= 0.6 is 0 Å². The molecule has 0 fully saturated rings. The monoisotopic (exact) mass is 192 g/mol. The first-order valence-electron chi connectivity index (χ1n) is 4.96. The minimum absolute atomic E-state index is 0.143. The van der Waals surface area contributed by atoms with Crippen molar-refractivity contribution in [3.8, 4) is 0 Å². The largest absolute Gasteiger partial charge is 0.300 e. The van der Waals surface area contributed by atoms with Crippen molar-refractivity contribution in [1.82, 2.24) is 0 Å². The highest BCUT2D eigenvalue weighted by atomic mass is 16.1. The van der Waals surface area contributed by atoms with Crippen molar-refractivity contribution in [3.63, 3.8) is 0 Å². The lowest BCUT2D eigenvalue weighted by atomic mass is 9.98. The zero-order valence-electron chi connectivity index (χ0n) is 9.47. The Morgan fingerprint density at radius 1 is 1.43 bits per heavy atom. The number of hydrogen-bond acceptors (Lipinski definition) is 1. The molecule has 1 heteroatoms. The van der Waals surface area contributed by atoms with E-state index in [1.165, 1.54) is 0 Å². The van der Waals surface area contributed by atoms with Crippen LogP contribution in [0, 0.1) is 5.92 Å². The Morgan fingerprint density at radius 2 is 2.00 bits per heavy atom. The van der Waals surface area contributed by atoms with Gasteiger partial charge in [-0.25, -0.2) is 0 Å². The first-order valence-corrected chi connectivity index (χ1v) is 4.96. The number of Topliss-reactive ketones (excluding diaryl/α,β-unsaturated/α-hetero) is 1. The summed E-state index contributed by atoms with van der Waals surface area (Å²) in [6.45, 7) is 13.2. The normalized spacial score (nSPS) is 13.5. The van der Waals surface area contributed by atoms with Crippen molar-refractivity contribution < 1.29 is 4.79 Å². The third kappa shape index (κ3) is 5.52. The van der Waals surface area contributed by atoms with Crippen LogP contribution in [0.1, 0.15) is 33.6 Å². The Morgan fingerprint density at radius 3 is 2.43 bits per heavy atom. The Balaban J connectivity index is 3.98. The highest BCUT2D eigenvalue weighted by Crippen LogP contribution is 2.13. The summed E-state index contributed by atoms with van der Waals surface area (Å²) < 4.78 is 0. The van der Waals surface area contributed by atoms with Gasteiger partial charge in [-0.15, -0.1) is 0 Å². The smallest absolute Gasteiger partial charge is 0.132 e. The average molecular weight is 192 g/mol. The van der Waals surface area contributed by atoms with Gasteiger partial charge in [-0.2, -0.15) is 0 Å². The van der Waals surface area contributed by atoms with Crippen LogP contribution in [-0.2, 0) is 4.79 Å². The van der Waals surface area contributed by atoms with Gasteiger partial charge in [0.25, 0.3) is 0 Å². The van der Waals surface area contributed by atoms with Crippen molar-refractivity contribution in [2.24, 2.45) is 5.92 Å². The minimum atomic E-state index is 0.143. The zero-order chi connectivity index (χ0) is 11.1. The Kier molecular flexibility index (Phi) is 5.86. The number of carbonyl (C=O) groups excluding carboxylic acids is 1. The van der Waals surface area contributed by atoms with E-state index in [1.54, 1.807) is 13.0 Å². The lowest BCUT2D eigenvalue weighted by molar-refractivity contribution is -0.120. The van der Waals surface area contributed by atoms with E-state index in [0.717, 1.165) is 24.0 Å². The first kappa shape index (κ1) is 12.9. The fraction of sp³-hybridized carbons (Fsp3) is 0.462. The van der Waals surface area contributed by atoms with Gasteiger partial charge in [0.2, 0.25) is 0 Å². The van der Waals surface area contributed by atoms with Crippen LogP contribution < -0.4 is 0 Å². The van der Waals surface area contributed by atoms with Gasteiger partial charge in [0.1, 0.15) is 5.78 Å². The van der Waals surface area contributed by atoms with Gasteiger partial charge in [-0.3, -0.25) is 4.79 Å². The molecule has 1 unspecified atom stereocenters. The number of allylic oxidation sites excluding steroid dienone is 4.